The molecule has 1 atom stereocenters. The number of nitrogens with one attached hydrogen (secondary N) is 1. The molecule has 0 aromatic heterocycles. The number of esters is 1. The van der Waals surface area contributed by atoms with E-state index in [1.807, 2.05) is 0 Å². The summed E-state index contributed by atoms with van der Waals surface area (Å²) >= 11 is 0. The van der Waals surface area contributed by atoms with E-state index in [0.29, 0.717) is 19.4 Å². The number of terminal acetylenes is 1. The van der Waals surface area contributed by atoms with Crippen molar-refractivity contribution in [3.63, 3.8) is 0 Å². The lowest BCUT2D eigenvalue weighted by Gasteiger charge is -2.11. The van der Waals surface area contributed by atoms with E-state index < -0.39 is 23.6 Å². The van der Waals surface area contributed by atoms with Gasteiger partial charge in [-0.25, -0.2) is 4.79 Å². The van der Waals surface area contributed by atoms with Crippen molar-refractivity contribution in [1.29, 1.82) is 0 Å². The maximum absolute atomic E-state index is 12.0. The molecule has 2 aliphatic heterocycles. The fraction of sp³-hybridized carbons (Fsp3) is 0.722. The van der Waals surface area contributed by atoms with Gasteiger partial charge < -0.3 is 10.1 Å². The summed E-state index contributed by atoms with van der Waals surface area (Å²) in [6.07, 6.45) is 12.2. The lowest BCUT2D eigenvalue weighted by molar-refractivity contribution is -0.142. The second-order valence-corrected chi connectivity index (χ2v) is 6.59. The van der Waals surface area contributed by atoms with Gasteiger partial charge in [0.1, 0.15) is 11.8 Å². The number of rotatable bonds is 12. The normalized spacial score (nSPS) is 20.0. The fourth-order valence-electron chi connectivity index (χ4n) is 2.86. The van der Waals surface area contributed by atoms with Gasteiger partial charge in [-0.3, -0.25) is 9.59 Å². The summed E-state index contributed by atoms with van der Waals surface area (Å²) < 4.78 is 4.77. The molecule has 0 saturated carbocycles. The second-order valence-electron chi connectivity index (χ2n) is 6.59. The van der Waals surface area contributed by atoms with Crippen molar-refractivity contribution in [3.05, 3.63) is 0 Å². The van der Waals surface area contributed by atoms with Crippen LogP contribution in [-0.2, 0) is 19.1 Å². The van der Waals surface area contributed by atoms with Crippen LogP contribution >= 0.6 is 0 Å². The smallest absolute Gasteiger partial charge is 0.328 e. The number of hydrogen-bond acceptors (Lipinski definition) is 6. The Labute approximate surface area is 148 Å². The molecule has 0 radical (unpaired) electrons. The summed E-state index contributed by atoms with van der Waals surface area (Å²) in [5, 5.41) is 10.7. The predicted octanol–water partition coefficient (Wildman–Crippen LogP) is 2.29. The van der Waals surface area contributed by atoms with Crippen LogP contribution in [0.1, 0.15) is 64.2 Å². The van der Waals surface area contributed by atoms with E-state index in [0.717, 1.165) is 38.5 Å². The maximum atomic E-state index is 12.0. The van der Waals surface area contributed by atoms with Gasteiger partial charge in [0, 0.05) is 25.7 Å². The lowest BCUT2D eigenvalue weighted by atomic mass is 9.97. The molecule has 0 unspecified atom stereocenters. The first-order valence-electron chi connectivity index (χ1n) is 8.90. The number of ether oxygens (including phenoxy) is 1. The molecule has 0 bridgehead atoms. The summed E-state index contributed by atoms with van der Waals surface area (Å²) in [6, 6.07) is -0.616. The highest BCUT2D eigenvalue weighted by Crippen LogP contribution is 2.38. The van der Waals surface area contributed by atoms with E-state index in [9.17, 15) is 14.4 Å². The predicted molar refractivity (Wildman–Crippen MR) is 90.5 cm³/mol. The van der Waals surface area contributed by atoms with Crippen molar-refractivity contribution in [1.82, 2.24) is 5.32 Å². The molecule has 1 amide bonds. The van der Waals surface area contributed by atoms with Crippen LogP contribution in [0.25, 0.3) is 0 Å². The molecule has 136 valence electrons. The maximum Gasteiger partial charge on any atom is 0.328 e. The van der Waals surface area contributed by atoms with Crippen LogP contribution in [0.3, 0.4) is 0 Å². The molecule has 2 rings (SSSR count). The van der Waals surface area contributed by atoms with Crippen molar-refractivity contribution in [3.8, 4) is 12.3 Å². The molecule has 7 heteroatoms. The second kappa shape index (κ2) is 9.30. The molecule has 0 spiro atoms. The first kappa shape index (κ1) is 19.1. The van der Waals surface area contributed by atoms with Crippen molar-refractivity contribution in [2.24, 2.45) is 10.2 Å². The number of hydrogen-bond donors (Lipinski definition) is 1. The zero-order valence-electron chi connectivity index (χ0n) is 14.5. The first-order chi connectivity index (χ1) is 12.0. The minimum Gasteiger partial charge on any atom is -0.464 e. The highest BCUT2D eigenvalue weighted by Gasteiger charge is 2.39. The van der Waals surface area contributed by atoms with Gasteiger partial charge in [0.2, 0.25) is 5.91 Å². The van der Waals surface area contributed by atoms with Crippen LogP contribution in [0.5, 0.6) is 0 Å². The molecule has 25 heavy (non-hydrogen) atoms. The van der Waals surface area contributed by atoms with E-state index >= 15 is 0 Å². The zero-order chi connectivity index (χ0) is 18.1. The van der Waals surface area contributed by atoms with Crippen LogP contribution in [0.15, 0.2) is 10.2 Å². The summed E-state index contributed by atoms with van der Waals surface area (Å²) in [5.41, 5.74) is -0.409. The van der Waals surface area contributed by atoms with E-state index in [2.05, 4.69) is 21.5 Å². The molecule has 1 N–H and O–H groups in total. The van der Waals surface area contributed by atoms with Gasteiger partial charge in [0.25, 0.3) is 0 Å². The minimum atomic E-state index is -0.616. The average molecular weight is 347 g/mol. The van der Waals surface area contributed by atoms with Crippen molar-refractivity contribution in [2.45, 2.75) is 75.9 Å². The molecule has 0 aromatic carbocycles. The minimum absolute atomic E-state index is 0.158. The first-order valence-corrected chi connectivity index (χ1v) is 8.90. The topological polar surface area (TPSA) is 97.2 Å². The number of carbonyl (C=O) groups is 3. The van der Waals surface area contributed by atoms with E-state index in [1.54, 1.807) is 0 Å². The molecule has 0 aliphatic carbocycles. The number of nitrogens with zero attached hydrogens (tertiary/aromatic N) is 2. The van der Waals surface area contributed by atoms with Crippen LogP contribution in [0.2, 0.25) is 0 Å². The Hall–Kier alpha value is -2.23. The number of cyclic esters (lactones) is 1. The lowest BCUT2D eigenvalue weighted by Crippen LogP contribution is -2.38. The fourth-order valence-corrected chi connectivity index (χ4v) is 2.86. The molecular weight excluding hydrogens is 322 g/mol. The standard InChI is InChI=1S/C18H25N3O4/c1-2-3-4-5-6-7-10-18(20-21-18)11-8-14(22)13-16(23)19-15-9-12-25-17(15)24/h1,15H,3-13H2,(H,19,23)/t15-/m0/s1. The van der Waals surface area contributed by atoms with E-state index in [-0.39, 0.29) is 18.6 Å². The van der Waals surface area contributed by atoms with Gasteiger partial charge in [-0.2, -0.15) is 10.2 Å². The third-order valence-electron chi connectivity index (χ3n) is 4.46. The Balaban J connectivity index is 1.57. The average Bonchev–Trinajstić information content (AvgIpc) is 3.25. The van der Waals surface area contributed by atoms with Gasteiger partial charge in [-0.15, -0.1) is 12.3 Å². The number of unbranched alkanes of at least 4 members (excludes halogenated alkanes) is 4. The van der Waals surface area contributed by atoms with Gasteiger partial charge in [-0.1, -0.05) is 12.8 Å². The third-order valence-corrected chi connectivity index (χ3v) is 4.46. The molecule has 1 saturated heterocycles. The highest BCUT2D eigenvalue weighted by molar-refractivity contribution is 5.99. The Morgan fingerprint density at radius 3 is 2.64 bits per heavy atom. The molecule has 2 aliphatic rings. The number of carbonyl (C=O) groups excluding carboxylic acids is 3. The van der Waals surface area contributed by atoms with Crippen LogP contribution in [-0.4, -0.2) is 36.0 Å². The molecular formula is C18H25N3O4. The van der Waals surface area contributed by atoms with E-state index in [1.165, 1.54) is 0 Å². The Bertz CT molecular complexity index is 573. The van der Waals surface area contributed by atoms with Gasteiger partial charge >= 0.3 is 5.97 Å². The summed E-state index contributed by atoms with van der Waals surface area (Å²) in [4.78, 5) is 35.0. The number of amides is 1. The Morgan fingerprint density at radius 2 is 2.00 bits per heavy atom. The van der Waals surface area contributed by atoms with Crippen molar-refractivity contribution in [2.75, 3.05) is 6.61 Å². The van der Waals surface area contributed by atoms with Crippen LogP contribution < -0.4 is 5.32 Å². The molecule has 0 aromatic rings. The molecule has 1 fully saturated rings. The van der Waals surface area contributed by atoms with Gasteiger partial charge in [0.05, 0.1) is 13.0 Å². The summed E-state index contributed by atoms with van der Waals surface area (Å²) in [5.74, 6) is 1.61. The number of Topliss-reactive ketones (excluding diaryl/α,β-unsaturated/α-hetero) is 1. The van der Waals surface area contributed by atoms with E-state index in [4.69, 9.17) is 11.2 Å². The Morgan fingerprint density at radius 1 is 1.24 bits per heavy atom. The highest BCUT2D eigenvalue weighted by atomic mass is 16.5. The monoisotopic (exact) mass is 347 g/mol. The third kappa shape index (κ3) is 6.65. The Kier molecular flexibility index (Phi) is 7.11. The molecule has 2 heterocycles. The molecule has 7 nitrogen and oxygen atoms in total. The van der Waals surface area contributed by atoms with Crippen LogP contribution in [0, 0.1) is 12.3 Å². The summed E-state index contributed by atoms with van der Waals surface area (Å²) in [6.45, 7) is 0.311. The van der Waals surface area contributed by atoms with Crippen LogP contribution in [0.4, 0.5) is 0 Å². The largest absolute Gasteiger partial charge is 0.464 e. The quantitative estimate of drug-likeness (QED) is 0.253. The van der Waals surface area contributed by atoms with Crippen molar-refractivity contribution < 1.29 is 19.1 Å². The zero-order valence-corrected chi connectivity index (χ0v) is 14.5. The van der Waals surface area contributed by atoms with Gasteiger partial charge in [-0.05, 0) is 19.3 Å². The van der Waals surface area contributed by atoms with Gasteiger partial charge in [0.15, 0.2) is 5.66 Å². The number of ketones is 1. The van der Waals surface area contributed by atoms with Crippen molar-refractivity contribution >= 4 is 17.7 Å². The summed E-state index contributed by atoms with van der Waals surface area (Å²) in [7, 11) is 0. The SMILES string of the molecule is C#CCCCCCCC1(CCC(=O)CC(=O)N[C@H]2CCOC2=O)N=N1.